The van der Waals surface area contributed by atoms with Gasteiger partial charge in [-0.1, -0.05) is 26.7 Å². The van der Waals surface area contributed by atoms with Crippen LogP contribution in [0.1, 0.15) is 46.5 Å². The first kappa shape index (κ1) is 14.8. The third-order valence-corrected chi connectivity index (χ3v) is 2.09. The lowest BCUT2D eigenvalue weighted by Crippen LogP contribution is -2.09. The summed E-state index contributed by atoms with van der Waals surface area (Å²) in [6.07, 6.45) is 3.81. The van der Waals surface area contributed by atoms with E-state index in [4.69, 9.17) is 14.6 Å². The SMILES string of the molecule is CCCCOC(OCCCC)=C(C)C(=O)O. The number of hydrogen-bond acceptors (Lipinski definition) is 3. The van der Waals surface area contributed by atoms with Gasteiger partial charge in [-0.2, -0.15) is 0 Å². The summed E-state index contributed by atoms with van der Waals surface area (Å²) in [5.74, 6) is -0.836. The summed E-state index contributed by atoms with van der Waals surface area (Å²) < 4.78 is 10.7. The molecule has 0 atom stereocenters. The van der Waals surface area contributed by atoms with Crippen molar-refractivity contribution in [2.24, 2.45) is 0 Å². The fourth-order valence-corrected chi connectivity index (χ4v) is 0.964. The Kier molecular flexibility index (Phi) is 8.39. The second-order valence-electron chi connectivity index (χ2n) is 3.62. The van der Waals surface area contributed by atoms with E-state index in [0.717, 1.165) is 25.7 Å². The van der Waals surface area contributed by atoms with E-state index >= 15 is 0 Å². The number of carboxylic acids is 1. The zero-order valence-corrected chi connectivity index (χ0v) is 10.4. The lowest BCUT2D eigenvalue weighted by Gasteiger charge is -2.13. The third kappa shape index (κ3) is 6.32. The maximum absolute atomic E-state index is 10.8. The van der Waals surface area contributed by atoms with Gasteiger partial charge < -0.3 is 14.6 Å². The minimum Gasteiger partial charge on any atom is -0.478 e. The van der Waals surface area contributed by atoms with Crippen LogP contribution in [0, 0.1) is 0 Å². The third-order valence-electron chi connectivity index (χ3n) is 2.09. The van der Waals surface area contributed by atoms with Crippen LogP contribution in [0.5, 0.6) is 0 Å². The highest BCUT2D eigenvalue weighted by atomic mass is 16.7. The number of ether oxygens (including phenoxy) is 2. The molecule has 0 heterocycles. The first-order valence-electron chi connectivity index (χ1n) is 5.83. The summed E-state index contributed by atoms with van der Waals surface area (Å²) in [5.41, 5.74) is 0.132. The Hall–Kier alpha value is -1.19. The van der Waals surface area contributed by atoms with Gasteiger partial charge in [-0.05, 0) is 19.8 Å². The highest BCUT2D eigenvalue weighted by Crippen LogP contribution is 2.10. The van der Waals surface area contributed by atoms with Gasteiger partial charge in [0.2, 0.25) is 0 Å². The largest absolute Gasteiger partial charge is 0.478 e. The summed E-state index contributed by atoms with van der Waals surface area (Å²) in [5, 5.41) is 8.85. The van der Waals surface area contributed by atoms with Crippen LogP contribution in [0.2, 0.25) is 0 Å². The lowest BCUT2D eigenvalue weighted by molar-refractivity contribution is -0.133. The van der Waals surface area contributed by atoms with E-state index in [1.807, 2.05) is 0 Å². The highest BCUT2D eigenvalue weighted by Gasteiger charge is 2.12. The van der Waals surface area contributed by atoms with Gasteiger partial charge in [0, 0.05) is 0 Å². The molecule has 0 aromatic carbocycles. The molecule has 0 radical (unpaired) electrons. The normalized spacial score (nSPS) is 9.69. The molecule has 0 aromatic heterocycles. The van der Waals surface area contributed by atoms with E-state index in [1.165, 1.54) is 6.92 Å². The number of rotatable bonds is 9. The summed E-state index contributed by atoms with van der Waals surface area (Å²) in [4.78, 5) is 10.8. The maximum Gasteiger partial charge on any atom is 0.338 e. The van der Waals surface area contributed by atoms with Gasteiger partial charge in [0.1, 0.15) is 5.57 Å². The van der Waals surface area contributed by atoms with Gasteiger partial charge in [-0.3, -0.25) is 0 Å². The molecule has 0 saturated heterocycles. The molecule has 0 rings (SSSR count). The minimum absolute atomic E-state index is 0.132. The molecule has 0 aliphatic rings. The predicted molar refractivity (Wildman–Crippen MR) is 62.1 cm³/mol. The Morgan fingerprint density at radius 1 is 1.06 bits per heavy atom. The van der Waals surface area contributed by atoms with E-state index in [9.17, 15) is 4.79 Å². The van der Waals surface area contributed by atoms with Crippen molar-refractivity contribution in [1.29, 1.82) is 0 Å². The first-order valence-corrected chi connectivity index (χ1v) is 5.83. The van der Waals surface area contributed by atoms with Gasteiger partial charge in [0.05, 0.1) is 13.2 Å². The van der Waals surface area contributed by atoms with Crippen molar-refractivity contribution in [3.05, 3.63) is 11.5 Å². The van der Waals surface area contributed by atoms with Gasteiger partial charge in [-0.15, -0.1) is 0 Å². The average Bonchev–Trinajstić information content (AvgIpc) is 2.26. The van der Waals surface area contributed by atoms with Crippen LogP contribution in [-0.2, 0) is 14.3 Å². The Bertz CT molecular complexity index is 221. The van der Waals surface area contributed by atoms with Crippen LogP contribution in [0.15, 0.2) is 11.5 Å². The summed E-state index contributed by atoms with van der Waals surface area (Å²) >= 11 is 0. The van der Waals surface area contributed by atoms with E-state index in [0.29, 0.717) is 13.2 Å². The van der Waals surface area contributed by atoms with Gasteiger partial charge in [0.25, 0.3) is 5.95 Å². The van der Waals surface area contributed by atoms with E-state index < -0.39 is 5.97 Å². The van der Waals surface area contributed by atoms with Crippen LogP contribution in [0.25, 0.3) is 0 Å². The number of carbonyl (C=O) groups is 1. The lowest BCUT2D eigenvalue weighted by atomic mass is 10.3. The van der Waals surface area contributed by atoms with E-state index in [1.54, 1.807) is 0 Å². The molecule has 1 N–H and O–H groups in total. The van der Waals surface area contributed by atoms with Crippen molar-refractivity contribution < 1.29 is 19.4 Å². The molecule has 0 aliphatic carbocycles. The van der Waals surface area contributed by atoms with Crippen molar-refractivity contribution in [2.75, 3.05) is 13.2 Å². The fraction of sp³-hybridized carbons (Fsp3) is 0.750. The quantitative estimate of drug-likeness (QED) is 0.376. The molecular weight excluding hydrogens is 208 g/mol. The highest BCUT2D eigenvalue weighted by molar-refractivity contribution is 5.86. The molecule has 0 unspecified atom stereocenters. The van der Waals surface area contributed by atoms with Crippen LogP contribution in [-0.4, -0.2) is 24.3 Å². The van der Waals surface area contributed by atoms with Crippen molar-refractivity contribution in [1.82, 2.24) is 0 Å². The Balaban J connectivity index is 4.26. The first-order chi connectivity index (χ1) is 7.63. The zero-order valence-electron chi connectivity index (χ0n) is 10.4. The monoisotopic (exact) mass is 230 g/mol. The molecule has 0 spiro atoms. The summed E-state index contributed by atoms with van der Waals surface area (Å²) in [6.45, 7) is 6.60. The van der Waals surface area contributed by atoms with Crippen LogP contribution >= 0.6 is 0 Å². The molecule has 0 fully saturated rings. The van der Waals surface area contributed by atoms with Crippen LogP contribution in [0.4, 0.5) is 0 Å². The van der Waals surface area contributed by atoms with Crippen molar-refractivity contribution >= 4 is 5.97 Å². The Labute approximate surface area is 97.2 Å². The molecule has 0 aromatic rings. The summed E-state index contributed by atoms with van der Waals surface area (Å²) in [6, 6.07) is 0. The van der Waals surface area contributed by atoms with Crippen molar-refractivity contribution in [3.63, 3.8) is 0 Å². The molecule has 4 heteroatoms. The number of hydrogen-bond donors (Lipinski definition) is 1. The number of aliphatic carboxylic acids is 1. The molecule has 0 amide bonds. The van der Waals surface area contributed by atoms with Gasteiger partial charge in [-0.25, -0.2) is 4.79 Å². The molecule has 0 saturated carbocycles. The molecule has 16 heavy (non-hydrogen) atoms. The van der Waals surface area contributed by atoms with Crippen LogP contribution < -0.4 is 0 Å². The summed E-state index contributed by atoms with van der Waals surface area (Å²) in [7, 11) is 0. The molecule has 0 aliphatic heterocycles. The molecule has 4 nitrogen and oxygen atoms in total. The number of carboxylic acid groups (broad SMARTS) is 1. The van der Waals surface area contributed by atoms with Gasteiger partial charge in [0.15, 0.2) is 0 Å². The second kappa shape index (κ2) is 9.07. The van der Waals surface area contributed by atoms with Crippen molar-refractivity contribution in [3.8, 4) is 0 Å². The average molecular weight is 230 g/mol. The fourth-order valence-electron chi connectivity index (χ4n) is 0.964. The standard InChI is InChI=1S/C12H22O4/c1-4-6-8-15-12(10(3)11(13)14)16-9-7-5-2/h4-9H2,1-3H3,(H,13,14). The Morgan fingerprint density at radius 2 is 1.50 bits per heavy atom. The number of unbranched alkanes of at least 4 members (excludes halogenated alkanes) is 2. The van der Waals surface area contributed by atoms with Crippen LogP contribution in [0.3, 0.4) is 0 Å². The van der Waals surface area contributed by atoms with Gasteiger partial charge >= 0.3 is 5.97 Å². The smallest absolute Gasteiger partial charge is 0.338 e. The van der Waals surface area contributed by atoms with Crippen molar-refractivity contribution in [2.45, 2.75) is 46.5 Å². The maximum atomic E-state index is 10.8. The van der Waals surface area contributed by atoms with E-state index in [-0.39, 0.29) is 11.5 Å². The second-order valence-corrected chi connectivity index (χ2v) is 3.62. The Morgan fingerprint density at radius 3 is 1.81 bits per heavy atom. The molecule has 94 valence electrons. The topological polar surface area (TPSA) is 55.8 Å². The molecular formula is C12H22O4. The minimum atomic E-state index is -0.997. The zero-order chi connectivity index (χ0) is 12.4. The van der Waals surface area contributed by atoms with E-state index in [2.05, 4.69) is 13.8 Å². The molecule has 0 bridgehead atoms. The predicted octanol–water partition coefficient (Wildman–Crippen LogP) is 2.94.